The molecule has 1 aromatic rings. The zero-order chi connectivity index (χ0) is 16.7. The molecule has 0 amide bonds. The van der Waals surface area contributed by atoms with Gasteiger partial charge in [-0.1, -0.05) is 19.0 Å². The lowest BCUT2D eigenvalue weighted by Crippen LogP contribution is -2.46. The van der Waals surface area contributed by atoms with Crippen molar-refractivity contribution in [2.75, 3.05) is 45.9 Å². The summed E-state index contributed by atoms with van der Waals surface area (Å²) in [5.41, 5.74) is 2.71. The molecular formula is C16H27N3O4. The number of ether oxygens (including phenoxy) is 1. The van der Waals surface area contributed by atoms with Crippen LogP contribution in [0.3, 0.4) is 0 Å². The second-order valence-electron chi connectivity index (χ2n) is 6.91. The molecule has 0 spiro atoms. The van der Waals surface area contributed by atoms with Gasteiger partial charge in [0.2, 0.25) is 0 Å². The number of hydrogen-bond acceptors (Lipinski definition) is 6. The highest BCUT2D eigenvalue weighted by atomic mass is 16.5. The van der Waals surface area contributed by atoms with Crippen LogP contribution < -0.4 is 0 Å². The molecule has 0 aromatic carbocycles. The molecule has 0 radical (unpaired) electrons. The van der Waals surface area contributed by atoms with Crippen molar-refractivity contribution in [3.05, 3.63) is 17.5 Å². The maximum atomic E-state index is 8.36. The molecule has 3 rings (SSSR count). The first-order valence-corrected chi connectivity index (χ1v) is 8.06. The van der Waals surface area contributed by atoms with E-state index in [0.717, 1.165) is 64.6 Å². The summed E-state index contributed by atoms with van der Waals surface area (Å²) in [6, 6.07) is 0. The zero-order valence-electron chi connectivity index (χ0n) is 14.0. The van der Waals surface area contributed by atoms with Gasteiger partial charge in [0.1, 0.15) is 6.26 Å². The van der Waals surface area contributed by atoms with E-state index < -0.39 is 0 Å². The maximum Gasteiger partial charge on any atom is 0.290 e. The Morgan fingerprint density at radius 2 is 1.91 bits per heavy atom. The largest absolute Gasteiger partial charge is 0.483 e. The summed E-state index contributed by atoms with van der Waals surface area (Å²) in [6.45, 7) is 12.7. The molecule has 1 aromatic heterocycles. The van der Waals surface area contributed by atoms with E-state index in [9.17, 15) is 0 Å². The normalized spacial score (nSPS) is 19.6. The Balaban J connectivity index is 0.000000595. The quantitative estimate of drug-likeness (QED) is 0.830. The van der Waals surface area contributed by atoms with Crippen LogP contribution >= 0.6 is 0 Å². The number of nitrogens with zero attached hydrogens (tertiary/aromatic N) is 3. The van der Waals surface area contributed by atoms with Crippen molar-refractivity contribution in [2.45, 2.75) is 26.8 Å². The van der Waals surface area contributed by atoms with Crippen LogP contribution in [0.25, 0.3) is 0 Å². The molecule has 2 aliphatic rings. The Kier molecular flexibility index (Phi) is 6.56. The third-order valence-electron chi connectivity index (χ3n) is 4.19. The van der Waals surface area contributed by atoms with Gasteiger partial charge in [-0.15, -0.1) is 0 Å². The number of hydrogen-bond donors (Lipinski definition) is 1. The molecule has 2 aliphatic heterocycles. The third-order valence-corrected chi connectivity index (χ3v) is 4.19. The topological polar surface area (TPSA) is 79.0 Å². The highest BCUT2D eigenvalue weighted by molar-refractivity contribution is 5.32. The van der Waals surface area contributed by atoms with Crippen molar-refractivity contribution in [3.63, 3.8) is 0 Å². The summed E-state index contributed by atoms with van der Waals surface area (Å²) in [4.78, 5) is 13.4. The average Bonchev–Trinajstić information content (AvgIpc) is 2.95. The van der Waals surface area contributed by atoms with Crippen molar-refractivity contribution in [1.82, 2.24) is 15.0 Å². The van der Waals surface area contributed by atoms with Gasteiger partial charge in [-0.3, -0.25) is 14.6 Å². The van der Waals surface area contributed by atoms with E-state index in [1.807, 2.05) is 0 Å². The Morgan fingerprint density at radius 1 is 1.26 bits per heavy atom. The molecule has 7 heteroatoms. The lowest BCUT2D eigenvalue weighted by Gasteiger charge is -2.38. The molecule has 0 unspecified atom stereocenters. The highest BCUT2D eigenvalue weighted by Gasteiger charge is 2.28. The minimum absolute atomic E-state index is 0.250. The third kappa shape index (κ3) is 5.60. The van der Waals surface area contributed by atoms with Gasteiger partial charge in [-0.05, 0) is 5.41 Å². The average molecular weight is 325 g/mol. The summed E-state index contributed by atoms with van der Waals surface area (Å²) in [6.07, 6.45) is 2.82. The standard InChI is InChI=1S/C15H25N3O2.CH2O2/c1-15(2,11-17-5-7-19-8-6-17)12-18-4-3-14-13(9-18)10-20-16-14;2-1-3/h10H,3-9,11-12H2,1-2H3;1H,(H,2,3). The zero-order valence-corrected chi connectivity index (χ0v) is 14.0. The molecule has 130 valence electrons. The molecule has 1 fully saturated rings. The van der Waals surface area contributed by atoms with Crippen molar-refractivity contribution in [3.8, 4) is 0 Å². The van der Waals surface area contributed by atoms with Gasteiger partial charge >= 0.3 is 0 Å². The van der Waals surface area contributed by atoms with Crippen LogP contribution in [0.15, 0.2) is 10.8 Å². The van der Waals surface area contributed by atoms with Gasteiger partial charge in [0.05, 0.1) is 18.9 Å². The minimum atomic E-state index is -0.250. The van der Waals surface area contributed by atoms with Gasteiger partial charge < -0.3 is 14.4 Å². The molecule has 0 atom stereocenters. The van der Waals surface area contributed by atoms with Crippen molar-refractivity contribution in [2.24, 2.45) is 5.41 Å². The molecule has 0 bridgehead atoms. The van der Waals surface area contributed by atoms with E-state index in [2.05, 4.69) is 28.8 Å². The second-order valence-corrected chi connectivity index (χ2v) is 6.91. The number of carboxylic acid groups (broad SMARTS) is 1. The Hall–Kier alpha value is -1.44. The van der Waals surface area contributed by atoms with Crippen LogP contribution in [0.5, 0.6) is 0 Å². The lowest BCUT2D eigenvalue weighted by molar-refractivity contribution is -0.122. The van der Waals surface area contributed by atoms with Crippen LogP contribution in [0, 0.1) is 5.41 Å². The summed E-state index contributed by atoms with van der Waals surface area (Å²) in [5.74, 6) is 0. The first-order valence-electron chi connectivity index (χ1n) is 8.06. The highest BCUT2D eigenvalue weighted by Crippen LogP contribution is 2.24. The van der Waals surface area contributed by atoms with Crippen molar-refractivity contribution in [1.29, 1.82) is 0 Å². The Labute approximate surface area is 137 Å². The molecule has 23 heavy (non-hydrogen) atoms. The van der Waals surface area contributed by atoms with E-state index in [0.29, 0.717) is 5.41 Å². The molecular weight excluding hydrogens is 298 g/mol. The van der Waals surface area contributed by atoms with E-state index in [-0.39, 0.29) is 6.47 Å². The van der Waals surface area contributed by atoms with E-state index in [4.69, 9.17) is 19.2 Å². The summed E-state index contributed by atoms with van der Waals surface area (Å²) < 4.78 is 10.5. The minimum Gasteiger partial charge on any atom is -0.483 e. The van der Waals surface area contributed by atoms with Gasteiger partial charge in [0.15, 0.2) is 0 Å². The first-order chi connectivity index (χ1) is 11.0. The second kappa shape index (κ2) is 8.42. The molecule has 1 saturated heterocycles. The van der Waals surface area contributed by atoms with Crippen LogP contribution in [0.1, 0.15) is 25.1 Å². The molecule has 1 N–H and O–H groups in total. The summed E-state index contributed by atoms with van der Waals surface area (Å²) in [7, 11) is 0. The fourth-order valence-corrected chi connectivity index (χ4v) is 3.35. The number of fused-ring (bicyclic) bond motifs is 1. The van der Waals surface area contributed by atoms with E-state index in [1.165, 1.54) is 5.56 Å². The molecule has 7 nitrogen and oxygen atoms in total. The van der Waals surface area contributed by atoms with Gasteiger partial charge in [0.25, 0.3) is 6.47 Å². The number of morpholine rings is 1. The monoisotopic (exact) mass is 325 g/mol. The number of aromatic nitrogens is 1. The SMILES string of the molecule is CC(C)(CN1CCOCC1)CN1CCc2nocc2C1.O=CO. The summed E-state index contributed by atoms with van der Waals surface area (Å²) in [5, 5.41) is 10.9. The molecule has 0 aliphatic carbocycles. The predicted octanol–water partition coefficient (Wildman–Crippen LogP) is 1.09. The number of rotatable bonds is 4. The van der Waals surface area contributed by atoms with Gasteiger partial charge in [0, 0.05) is 51.3 Å². The van der Waals surface area contributed by atoms with Crippen LogP contribution in [-0.2, 0) is 22.5 Å². The number of carbonyl (C=O) groups is 1. The van der Waals surface area contributed by atoms with Crippen LogP contribution in [-0.4, -0.2) is 72.5 Å². The van der Waals surface area contributed by atoms with Crippen molar-refractivity contribution < 1.29 is 19.2 Å². The first kappa shape index (κ1) is 17.9. The Bertz CT molecular complexity index is 483. The van der Waals surface area contributed by atoms with E-state index in [1.54, 1.807) is 6.26 Å². The fraction of sp³-hybridized carbons (Fsp3) is 0.750. The molecule has 0 saturated carbocycles. The maximum absolute atomic E-state index is 8.36. The van der Waals surface area contributed by atoms with E-state index >= 15 is 0 Å². The van der Waals surface area contributed by atoms with Crippen molar-refractivity contribution >= 4 is 6.47 Å². The summed E-state index contributed by atoms with van der Waals surface area (Å²) >= 11 is 0. The molecule has 3 heterocycles. The lowest BCUT2D eigenvalue weighted by atomic mass is 9.90. The van der Waals surface area contributed by atoms with Gasteiger partial charge in [-0.25, -0.2) is 0 Å². The smallest absolute Gasteiger partial charge is 0.290 e. The fourth-order valence-electron chi connectivity index (χ4n) is 3.35. The van der Waals surface area contributed by atoms with Crippen LogP contribution in [0.2, 0.25) is 0 Å². The Morgan fingerprint density at radius 3 is 2.61 bits per heavy atom. The van der Waals surface area contributed by atoms with Crippen LogP contribution in [0.4, 0.5) is 0 Å². The van der Waals surface area contributed by atoms with Gasteiger partial charge in [-0.2, -0.15) is 0 Å². The predicted molar refractivity (Wildman–Crippen MR) is 85.2 cm³/mol.